The number of rotatable bonds is 20. The normalized spacial score (nSPS) is 10.5. The van der Waals surface area contributed by atoms with Crippen molar-refractivity contribution >= 4 is 12.4 Å². The maximum Gasteiger partial charge on any atom is -0.00773 e. The first kappa shape index (κ1) is 26.2. The van der Waals surface area contributed by atoms with Crippen molar-refractivity contribution in [1.82, 2.24) is 0 Å². The van der Waals surface area contributed by atoms with Crippen molar-refractivity contribution < 1.29 is 0 Å². The third-order valence-electron chi connectivity index (χ3n) is 4.86. The Morgan fingerprint density at radius 1 is 0.458 bits per heavy atom. The van der Waals surface area contributed by atoms with Crippen molar-refractivity contribution in [2.45, 2.75) is 122 Å². The molecule has 1 nitrogen and oxygen atoms in total. The topological polar surface area (TPSA) is 26.0 Å². The van der Waals surface area contributed by atoms with Gasteiger partial charge in [-0.2, -0.15) is 0 Å². The molecule has 0 rings (SSSR count). The molecular formula is C22H46ClN. The van der Waals surface area contributed by atoms with Gasteiger partial charge in [0.05, 0.1) is 0 Å². The molecule has 0 aliphatic heterocycles. The van der Waals surface area contributed by atoms with Crippen molar-refractivity contribution in [3.63, 3.8) is 0 Å². The monoisotopic (exact) mass is 359 g/mol. The number of unbranched alkanes of at least 4 members (excludes halogenated alkanes) is 18. The molecule has 0 unspecified atom stereocenters. The summed E-state index contributed by atoms with van der Waals surface area (Å²) in [6.07, 6.45) is 28.9. The van der Waals surface area contributed by atoms with Gasteiger partial charge >= 0.3 is 0 Å². The summed E-state index contributed by atoms with van der Waals surface area (Å²) < 4.78 is 0. The van der Waals surface area contributed by atoms with E-state index in [-0.39, 0.29) is 12.4 Å². The zero-order chi connectivity index (χ0) is 16.8. The summed E-state index contributed by atoms with van der Waals surface area (Å²) in [7, 11) is 0. The van der Waals surface area contributed by atoms with Crippen LogP contribution in [0.15, 0.2) is 12.7 Å². The van der Waals surface area contributed by atoms with Crippen molar-refractivity contribution in [3.8, 4) is 0 Å². The number of allylic oxidation sites excluding steroid dienone is 1. The van der Waals surface area contributed by atoms with Gasteiger partial charge in [0.15, 0.2) is 0 Å². The van der Waals surface area contributed by atoms with Gasteiger partial charge in [0.1, 0.15) is 0 Å². The van der Waals surface area contributed by atoms with Gasteiger partial charge in [-0.15, -0.1) is 19.0 Å². The third kappa shape index (κ3) is 24.2. The smallest absolute Gasteiger partial charge is 0.00773 e. The first-order valence-electron chi connectivity index (χ1n) is 10.7. The molecule has 0 amide bonds. The summed E-state index contributed by atoms with van der Waals surface area (Å²) in [5, 5.41) is 0. The molecule has 0 fully saturated rings. The van der Waals surface area contributed by atoms with Gasteiger partial charge in [0.25, 0.3) is 0 Å². The molecule has 2 heteroatoms. The fraction of sp³-hybridized carbons (Fsp3) is 0.909. The van der Waals surface area contributed by atoms with Crippen LogP contribution in [0.3, 0.4) is 0 Å². The Labute approximate surface area is 159 Å². The van der Waals surface area contributed by atoms with Crippen molar-refractivity contribution in [2.24, 2.45) is 5.73 Å². The van der Waals surface area contributed by atoms with Crippen LogP contribution < -0.4 is 5.73 Å². The van der Waals surface area contributed by atoms with Crippen molar-refractivity contribution in [3.05, 3.63) is 12.7 Å². The van der Waals surface area contributed by atoms with Crippen LogP contribution in [0.4, 0.5) is 0 Å². The largest absolute Gasteiger partial charge is 0.330 e. The van der Waals surface area contributed by atoms with Crippen LogP contribution in [-0.4, -0.2) is 6.54 Å². The van der Waals surface area contributed by atoms with E-state index in [1.165, 1.54) is 122 Å². The average molecular weight is 360 g/mol. The summed E-state index contributed by atoms with van der Waals surface area (Å²) in [6, 6.07) is 0. The summed E-state index contributed by atoms with van der Waals surface area (Å²) >= 11 is 0. The summed E-state index contributed by atoms with van der Waals surface area (Å²) in [6.45, 7) is 4.64. The van der Waals surface area contributed by atoms with E-state index in [4.69, 9.17) is 5.73 Å². The SMILES string of the molecule is C=CCCCCCCCCCCCCCCCCCCCCN.Cl. The first-order chi connectivity index (χ1) is 11.4. The molecule has 0 heterocycles. The lowest BCUT2D eigenvalue weighted by Crippen LogP contribution is -1.97. The molecule has 0 bridgehead atoms. The van der Waals surface area contributed by atoms with E-state index >= 15 is 0 Å². The number of hydrogen-bond acceptors (Lipinski definition) is 1. The van der Waals surface area contributed by atoms with Crippen molar-refractivity contribution in [1.29, 1.82) is 0 Å². The van der Waals surface area contributed by atoms with Crippen LogP contribution in [-0.2, 0) is 0 Å². The van der Waals surface area contributed by atoms with E-state index in [0.29, 0.717) is 0 Å². The predicted molar refractivity (Wildman–Crippen MR) is 114 cm³/mol. The van der Waals surface area contributed by atoms with Crippen LogP contribution in [0.1, 0.15) is 122 Å². The Hall–Kier alpha value is -0.0100. The first-order valence-corrected chi connectivity index (χ1v) is 10.7. The average Bonchev–Trinajstić information content (AvgIpc) is 2.57. The van der Waals surface area contributed by atoms with E-state index in [1.54, 1.807) is 0 Å². The maximum atomic E-state index is 5.50. The number of nitrogens with two attached hydrogens (primary N) is 1. The molecule has 0 saturated carbocycles. The minimum absolute atomic E-state index is 0. The molecule has 0 spiro atoms. The highest BCUT2D eigenvalue weighted by atomic mass is 35.5. The molecule has 24 heavy (non-hydrogen) atoms. The number of halogens is 1. The summed E-state index contributed by atoms with van der Waals surface area (Å²) in [5.41, 5.74) is 5.50. The fourth-order valence-electron chi connectivity index (χ4n) is 3.26. The number of hydrogen-bond donors (Lipinski definition) is 1. The Morgan fingerprint density at radius 2 is 0.708 bits per heavy atom. The van der Waals surface area contributed by atoms with Crippen LogP contribution in [0.25, 0.3) is 0 Å². The van der Waals surface area contributed by atoms with Crippen LogP contribution in [0.2, 0.25) is 0 Å². The lowest BCUT2D eigenvalue weighted by molar-refractivity contribution is 0.524. The zero-order valence-corrected chi connectivity index (χ0v) is 17.2. The van der Waals surface area contributed by atoms with Gasteiger partial charge < -0.3 is 5.73 Å². The molecule has 0 aromatic heterocycles. The van der Waals surface area contributed by atoms with Gasteiger partial charge in [-0.3, -0.25) is 0 Å². The molecule has 146 valence electrons. The molecule has 0 aromatic carbocycles. The highest BCUT2D eigenvalue weighted by molar-refractivity contribution is 5.85. The summed E-state index contributed by atoms with van der Waals surface area (Å²) in [4.78, 5) is 0. The fourth-order valence-corrected chi connectivity index (χ4v) is 3.26. The Kier molecular flexibility index (Phi) is 27.6. The quantitative estimate of drug-likeness (QED) is 0.173. The minimum Gasteiger partial charge on any atom is -0.330 e. The molecule has 0 aliphatic carbocycles. The van der Waals surface area contributed by atoms with E-state index in [2.05, 4.69) is 6.58 Å². The second-order valence-electron chi connectivity index (χ2n) is 7.23. The maximum absolute atomic E-state index is 5.50. The molecule has 0 atom stereocenters. The molecule has 0 aliphatic rings. The lowest BCUT2D eigenvalue weighted by atomic mass is 10.0. The Morgan fingerprint density at radius 3 is 0.958 bits per heavy atom. The highest BCUT2D eigenvalue weighted by Gasteiger charge is 1.95. The Balaban J connectivity index is 0. The summed E-state index contributed by atoms with van der Waals surface area (Å²) in [5.74, 6) is 0. The van der Waals surface area contributed by atoms with Gasteiger partial charge in [0, 0.05) is 0 Å². The molecule has 0 aromatic rings. The van der Waals surface area contributed by atoms with E-state index < -0.39 is 0 Å². The highest BCUT2D eigenvalue weighted by Crippen LogP contribution is 2.14. The van der Waals surface area contributed by atoms with E-state index in [1.807, 2.05) is 6.08 Å². The van der Waals surface area contributed by atoms with Gasteiger partial charge in [-0.25, -0.2) is 0 Å². The standard InChI is InChI=1S/C22H45N.ClH/c1-2-3-4-5-6-7-8-9-10-11-12-13-14-15-16-17-18-19-20-21-22-23;/h2H,1,3-23H2;1H. The lowest BCUT2D eigenvalue weighted by Gasteiger charge is -2.03. The second-order valence-corrected chi connectivity index (χ2v) is 7.23. The minimum atomic E-state index is 0. The van der Waals surface area contributed by atoms with Gasteiger partial charge in [0.2, 0.25) is 0 Å². The second kappa shape index (κ2) is 25.2. The molecule has 0 saturated heterocycles. The molecular weight excluding hydrogens is 314 g/mol. The van der Waals surface area contributed by atoms with Crippen LogP contribution in [0.5, 0.6) is 0 Å². The van der Waals surface area contributed by atoms with Crippen molar-refractivity contribution in [2.75, 3.05) is 6.54 Å². The van der Waals surface area contributed by atoms with Crippen LogP contribution >= 0.6 is 12.4 Å². The Bertz CT molecular complexity index is 218. The molecule has 2 N–H and O–H groups in total. The van der Waals surface area contributed by atoms with Gasteiger partial charge in [-0.05, 0) is 25.8 Å². The van der Waals surface area contributed by atoms with E-state index in [0.717, 1.165) is 6.54 Å². The van der Waals surface area contributed by atoms with Crippen LogP contribution in [0, 0.1) is 0 Å². The predicted octanol–water partition coefficient (Wildman–Crippen LogP) is 7.96. The molecule has 0 radical (unpaired) electrons. The zero-order valence-electron chi connectivity index (χ0n) is 16.4. The van der Waals surface area contributed by atoms with Gasteiger partial charge in [-0.1, -0.05) is 109 Å². The van der Waals surface area contributed by atoms with E-state index in [9.17, 15) is 0 Å². The third-order valence-corrected chi connectivity index (χ3v) is 4.86.